The van der Waals surface area contributed by atoms with Crippen LogP contribution in [0.4, 0.5) is 0 Å². The lowest BCUT2D eigenvalue weighted by Crippen LogP contribution is -2.29. The SMILES string of the molecule is CCCCCCc1cccc(B(O)O)c1. The van der Waals surface area contributed by atoms with Crippen LogP contribution in [0.25, 0.3) is 0 Å². The Morgan fingerprint density at radius 2 is 1.93 bits per heavy atom. The van der Waals surface area contributed by atoms with Crippen LogP contribution in [-0.2, 0) is 6.42 Å². The van der Waals surface area contributed by atoms with E-state index in [1.54, 1.807) is 6.07 Å². The highest BCUT2D eigenvalue weighted by atomic mass is 16.4. The van der Waals surface area contributed by atoms with Crippen LogP contribution >= 0.6 is 0 Å². The van der Waals surface area contributed by atoms with E-state index in [0.29, 0.717) is 5.46 Å². The Labute approximate surface area is 92.1 Å². The van der Waals surface area contributed by atoms with Crippen LogP contribution in [0.5, 0.6) is 0 Å². The molecule has 0 fully saturated rings. The van der Waals surface area contributed by atoms with E-state index in [-0.39, 0.29) is 0 Å². The second kappa shape index (κ2) is 6.65. The van der Waals surface area contributed by atoms with Crippen molar-refractivity contribution in [2.45, 2.75) is 39.0 Å². The molecule has 1 rings (SSSR count). The second-order valence-electron chi connectivity index (χ2n) is 3.93. The van der Waals surface area contributed by atoms with Gasteiger partial charge in [0.05, 0.1) is 0 Å². The Morgan fingerprint density at radius 3 is 2.60 bits per heavy atom. The summed E-state index contributed by atoms with van der Waals surface area (Å²) >= 11 is 0. The van der Waals surface area contributed by atoms with E-state index in [4.69, 9.17) is 10.0 Å². The maximum Gasteiger partial charge on any atom is 0.488 e. The summed E-state index contributed by atoms with van der Waals surface area (Å²) in [5.41, 5.74) is 1.78. The molecule has 0 spiro atoms. The highest BCUT2D eigenvalue weighted by Crippen LogP contribution is 2.06. The van der Waals surface area contributed by atoms with Crippen molar-refractivity contribution < 1.29 is 10.0 Å². The minimum atomic E-state index is -1.35. The first-order chi connectivity index (χ1) is 7.24. The average Bonchev–Trinajstić information content (AvgIpc) is 2.25. The summed E-state index contributed by atoms with van der Waals surface area (Å²) in [4.78, 5) is 0. The topological polar surface area (TPSA) is 40.5 Å². The molecule has 0 aliphatic rings. The van der Waals surface area contributed by atoms with Crippen LogP contribution in [0.2, 0.25) is 0 Å². The molecule has 15 heavy (non-hydrogen) atoms. The number of aryl methyl sites for hydroxylation is 1. The molecule has 0 aromatic heterocycles. The molecule has 0 amide bonds. The van der Waals surface area contributed by atoms with Crippen LogP contribution < -0.4 is 5.46 Å². The molecule has 2 nitrogen and oxygen atoms in total. The Bertz CT molecular complexity index is 287. The molecular weight excluding hydrogens is 187 g/mol. The van der Waals surface area contributed by atoms with Gasteiger partial charge in [-0.1, -0.05) is 50.5 Å². The largest absolute Gasteiger partial charge is 0.488 e. The molecular formula is C12H19BO2. The van der Waals surface area contributed by atoms with Gasteiger partial charge in [-0.15, -0.1) is 0 Å². The highest BCUT2D eigenvalue weighted by molar-refractivity contribution is 6.58. The highest BCUT2D eigenvalue weighted by Gasteiger charge is 2.10. The molecule has 2 N–H and O–H groups in total. The summed E-state index contributed by atoms with van der Waals surface area (Å²) in [5, 5.41) is 18.0. The Morgan fingerprint density at radius 1 is 1.13 bits per heavy atom. The molecule has 82 valence electrons. The van der Waals surface area contributed by atoms with Gasteiger partial charge in [-0.05, 0) is 23.9 Å². The maximum atomic E-state index is 9.01. The Balaban J connectivity index is 2.43. The van der Waals surface area contributed by atoms with Gasteiger partial charge in [0.2, 0.25) is 0 Å². The third-order valence-corrected chi connectivity index (χ3v) is 2.57. The molecule has 0 atom stereocenters. The lowest BCUT2D eigenvalue weighted by Gasteiger charge is -2.04. The molecule has 0 saturated heterocycles. The zero-order valence-electron chi connectivity index (χ0n) is 9.32. The van der Waals surface area contributed by atoms with Crippen molar-refractivity contribution in [3.8, 4) is 0 Å². The van der Waals surface area contributed by atoms with E-state index in [1.807, 2.05) is 18.2 Å². The van der Waals surface area contributed by atoms with Gasteiger partial charge in [0.15, 0.2) is 0 Å². The van der Waals surface area contributed by atoms with Crippen LogP contribution in [0, 0.1) is 0 Å². The quantitative estimate of drug-likeness (QED) is 0.546. The van der Waals surface area contributed by atoms with Gasteiger partial charge >= 0.3 is 7.12 Å². The first-order valence-electron chi connectivity index (χ1n) is 5.69. The first-order valence-corrected chi connectivity index (χ1v) is 5.69. The minimum Gasteiger partial charge on any atom is -0.423 e. The second-order valence-corrected chi connectivity index (χ2v) is 3.93. The summed E-state index contributed by atoms with van der Waals surface area (Å²) < 4.78 is 0. The van der Waals surface area contributed by atoms with Crippen molar-refractivity contribution in [1.82, 2.24) is 0 Å². The summed E-state index contributed by atoms with van der Waals surface area (Å²) in [6, 6.07) is 7.53. The van der Waals surface area contributed by atoms with E-state index < -0.39 is 7.12 Å². The van der Waals surface area contributed by atoms with E-state index in [2.05, 4.69) is 6.92 Å². The number of rotatable bonds is 6. The van der Waals surface area contributed by atoms with Gasteiger partial charge in [-0.25, -0.2) is 0 Å². The van der Waals surface area contributed by atoms with Crippen molar-refractivity contribution >= 4 is 12.6 Å². The van der Waals surface area contributed by atoms with Gasteiger partial charge in [-0.2, -0.15) is 0 Å². The number of benzene rings is 1. The Kier molecular flexibility index (Phi) is 5.44. The Hall–Kier alpha value is -0.795. The van der Waals surface area contributed by atoms with Crippen molar-refractivity contribution in [1.29, 1.82) is 0 Å². The van der Waals surface area contributed by atoms with Gasteiger partial charge in [-0.3, -0.25) is 0 Å². The fourth-order valence-corrected chi connectivity index (χ4v) is 1.67. The predicted molar refractivity (Wildman–Crippen MR) is 64.1 cm³/mol. The lowest BCUT2D eigenvalue weighted by atomic mass is 9.79. The van der Waals surface area contributed by atoms with Gasteiger partial charge in [0, 0.05) is 0 Å². The summed E-state index contributed by atoms with van der Waals surface area (Å²) in [6.45, 7) is 2.20. The normalized spacial score (nSPS) is 10.3. The van der Waals surface area contributed by atoms with Crippen molar-refractivity contribution in [3.05, 3.63) is 29.8 Å². The molecule has 3 heteroatoms. The summed E-state index contributed by atoms with van der Waals surface area (Å²) in [5.74, 6) is 0. The number of unbranched alkanes of at least 4 members (excludes halogenated alkanes) is 3. The fraction of sp³-hybridized carbons (Fsp3) is 0.500. The van der Waals surface area contributed by atoms with Crippen LogP contribution in [0.1, 0.15) is 38.2 Å². The maximum absolute atomic E-state index is 9.01. The molecule has 1 aromatic rings. The van der Waals surface area contributed by atoms with Crippen LogP contribution in [0.15, 0.2) is 24.3 Å². The van der Waals surface area contributed by atoms with E-state index >= 15 is 0 Å². The molecule has 0 aliphatic heterocycles. The molecule has 1 aromatic carbocycles. The first kappa shape index (κ1) is 12.3. The number of hydrogen-bond acceptors (Lipinski definition) is 2. The van der Waals surface area contributed by atoms with E-state index in [1.165, 1.54) is 31.2 Å². The van der Waals surface area contributed by atoms with E-state index in [0.717, 1.165) is 6.42 Å². The predicted octanol–water partition coefficient (Wildman–Crippen LogP) is 1.49. The summed E-state index contributed by atoms with van der Waals surface area (Å²) in [7, 11) is -1.35. The van der Waals surface area contributed by atoms with Crippen molar-refractivity contribution in [3.63, 3.8) is 0 Å². The zero-order chi connectivity index (χ0) is 11.1. The van der Waals surface area contributed by atoms with Crippen molar-refractivity contribution in [2.75, 3.05) is 0 Å². The monoisotopic (exact) mass is 206 g/mol. The standard InChI is InChI=1S/C12H19BO2/c1-2-3-4-5-7-11-8-6-9-12(10-11)13(14)15/h6,8-10,14-15H,2-5,7H2,1H3. The fourth-order valence-electron chi connectivity index (χ4n) is 1.67. The molecule has 0 aliphatic carbocycles. The van der Waals surface area contributed by atoms with Crippen LogP contribution in [0.3, 0.4) is 0 Å². The molecule has 0 heterocycles. The third-order valence-electron chi connectivity index (χ3n) is 2.57. The molecule has 0 unspecified atom stereocenters. The minimum absolute atomic E-state index is 0.586. The summed E-state index contributed by atoms with van der Waals surface area (Å²) in [6.07, 6.45) is 5.99. The molecule has 0 bridgehead atoms. The van der Waals surface area contributed by atoms with Crippen molar-refractivity contribution in [2.24, 2.45) is 0 Å². The third kappa shape index (κ3) is 4.49. The number of hydrogen-bond donors (Lipinski definition) is 2. The molecule has 0 radical (unpaired) electrons. The van der Waals surface area contributed by atoms with Crippen LogP contribution in [-0.4, -0.2) is 17.2 Å². The zero-order valence-corrected chi connectivity index (χ0v) is 9.32. The van der Waals surface area contributed by atoms with Gasteiger partial charge < -0.3 is 10.0 Å². The molecule has 0 saturated carbocycles. The van der Waals surface area contributed by atoms with E-state index in [9.17, 15) is 0 Å². The van der Waals surface area contributed by atoms with Gasteiger partial charge in [0.25, 0.3) is 0 Å². The smallest absolute Gasteiger partial charge is 0.423 e. The average molecular weight is 206 g/mol. The lowest BCUT2D eigenvalue weighted by molar-refractivity contribution is 0.425. The van der Waals surface area contributed by atoms with Gasteiger partial charge in [0.1, 0.15) is 0 Å².